The summed E-state index contributed by atoms with van der Waals surface area (Å²) < 4.78 is 75.2. The molecule has 2 atom stereocenters. The number of benzene rings is 6. The van der Waals surface area contributed by atoms with Crippen molar-refractivity contribution in [3.05, 3.63) is 162 Å². The molecule has 0 N–H and O–H groups in total. The fourth-order valence-corrected chi connectivity index (χ4v) is 7.38. The van der Waals surface area contributed by atoms with Gasteiger partial charge in [0.1, 0.15) is 5.69 Å². The van der Waals surface area contributed by atoms with Crippen LogP contribution in [-0.4, -0.2) is 10.6 Å². The first-order valence-corrected chi connectivity index (χ1v) is 15.2. The molecule has 0 saturated heterocycles. The zero-order valence-corrected chi connectivity index (χ0v) is 24.6. The molecule has 1 aromatic heterocycles. The van der Waals surface area contributed by atoms with Gasteiger partial charge >= 0.3 is 0 Å². The monoisotopic (exact) mass is 626 g/mol. The number of para-hydroxylation sites is 1. The zero-order chi connectivity index (χ0) is 32.0. The molecule has 6 aromatic carbocycles. The summed E-state index contributed by atoms with van der Waals surface area (Å²) in [4.78, 5) is 2.30. The Kier molecular flexibility index (Phi) is 5.97. The summed E-state index contributed by atoms with van der Waals surface area (Å²) in [5.41, 5.74) is 4.54. The van der Waals surface area contributed by atoms with Crippen molar-refractivity contribution in [2.45, 2.75) is 12.0 Å². The second kappa shape index (κ2) is 10.2. The van der Waals surface area contributed by atoms with Crippen molar-refractivity contribution < 1.29 is 22.0 Å². The van der Waals surface area contributed by atoms with Gasteiger partial charge in [0.05, 0.1) is 22.8 Å². The minimum atomic E-state index is -2.19. The molecule has 0 amide bonds. The standard InChI is InChI=1S/C40H23F5N2/c41-35-36(42)38(44)40(39(45)37(35)43)47-31-17-9-7-15-26(31)29-20-33-28(21-34(29)47)25-14-6-8-16-30(25)46(33)32-19-24-13-5-4-12-23(24)18-27(32)22-10-2-1-3-11-22/h1-21,25,30H. The number of anilines is 2. The molecular weight excluding hydrogens is 603 g/mol. The highest BCUT2D eigenvalue weighted by Gasteiger charge is 2.40. The van der Waals surface area contributed by atoms with Gasteiger partial charge in [-0.15, -0.1) is 0 Å². The van der Waals surface area contributed by atoms with E-state index in [0.29, 0.717) is 21.8 Å². The molecule has 0 radical (unpaired) electrons. The van der Waals surface area contributed by atoms with Crippen molar-refractivity contribution in [1.82, 2.24) is 4.57 Å². The summed E-state index contributed by atoms with van der Waals surface area (Å²) in [5, 5.41) is 3.43. The van der Waals surface area contributed by atoms with E-state index < -0.39 is 34.8 Å². The fourth-order valence-electron chi connectivity index (χ4n) is 7.38. The molecular formula is C40H23F5N2. The molecule has 0 fully saturated rings. The Morgan fingerprint density at radius 1 is 0.511 bits per heavy atom. The molecule has 2 heterocycles. The number of allylic oxidation sites excluding steroid dienone is 2. The fraction of sp³-hybridized carbons (Fsp3) is 0.0500. The number of nitrogens with zero attached hydrogens (tertiary/aromatic N) is 2. The van der Waals surface area contributed by atoms with Gasteiger partial charge in [-0.2, -0.15) is 0 Å². The number of rotatable bonds is 3. The van der Waals surface area contributed by atoms with E-state index in [1.165, 1.54) is 0 Å². The molecule has 9 rings (SSSR count). The Morgan fingerprint density at radius 3 is 1.91 bits per heavy atom. The highest BCUT2D eigenvalue weighted by atomic mass is 19.2. The van der Waals surface area contributed by atoms with Crippen LogP contribution in [0, 0.1) is 29.1 Å². The van der Waals surface area contributed by atoms with Crippen molar-refractivity contribution in [3.63, 3.8) is 0 Å². The Bertz CT molecular complexity index is 2470. The summed E-state index contributed by atoms with van der Waals surface area (Å²) >= 11 is 0. The number of hydrogen-bond donors (Lipinski definition) is 0. The maximum absolute atomic E-state index is 15.4. The Morgan fingerprint density at radius 2 is 1.15 bits per heavy atom. The van der Waals surface area contributed by atoms with Crippen LogP contribution in [0.3, 0.4) is 0 Å². The van der Waals surface area contributed by atoms with Crippen molar-refractivity contribution in [2.24, 2.45) is 0 Å². The maximum Gasteiger partial charge on any atom is 0.200 e. The van der Waals surface area contributed by atoms with Crippen LogP contribution >= 0.6 is 0 Å². The average Bonchev–Trinajstić information content (AvgIpc) is 3.61. The molecule has 1 aliphatic heterocycles. The van der Waals surface area contributed by atoms with Crippen LogP contribution < -0.4 is 4.90 Å². The normalized spacial score (nSPS) is 16.8. The van der Waals surface area contributed by atoms with E-state index in [2.05, 4.69) is 53.5 Å². The SMILES string of the molecule is Fc1c(F)c(F)c(-n2c3ccccc3c3cc4c(cc32)C2C=CC=CC2N4c2cc3ccccc3cc2-c2ccccc2)c(F)c1F. The summed E-state index contributed by atoms with van der Waals surface area (Å²) in [6, 6.07) is 33.3. The van der Waals surface area contributed by atoms with Crippen LogP contribution in [0.4, 0.5) is 33.3 Å². The van der Waals surface area contributed by atoms with Crippen LogP contribution in [0.25, 0.3) is 49.4 Å². The van der Waals surface area contributed by atoms with Crippen LogP contribution in [0.1, 0.15) is 11.5 Å². The molecule has 1 aliphatic carbocycles. The van der Waals surface area contributed by atoms with Crippen LogP contribution in [0.15, 0.2) is 127 Å². The molecule has 0 bridgehead atoms. The quantitative estimate of drug-likeness (QED) is 0.108. The van der Waals surface area contributed by atoms with Gasteiger partial charge in [-0.05, 0) is 52.2 Å². The van der Waals surface area contributed by atoms with Gasteiger partial charge < -0.3 is 9.47 Å². The van der Waals surface area contributed by atoms with Gasteiger partial charge in [-0.3, -0.25) is 0 Å². The van der Waals surface area contributed by atoms with Gasteiger partial charge in [0.15, 0.2) is 23.3 Å². The number of aromatic nitrogens is 1. The van der Waals surface area contributed by atoms with Crippen LogP contribution in [0.5, 0.6) is 0 Å². The third-order valence-corrected chi connectivity index (χ3v) is 9.46. The predicted molar refractivity (Wildman–Crippen MR) is 177 cm³/mol. The van der Waals surface area contributed by atoms with E-state index in [9.17, 15) is 13.2 Å². The molecule has 2 nitrogen and oxygen atoms in total. The smallest absolute Gasteiger partial charge is 0.200 e. The Hall–Kier alpha value is -5.69. The van der Waals surface area contributed by atoms with Gasteiger partial charge in [-0.25, -0.2) is 22.0 Å². The lowest BCUT2D eigenvalue weighted by Gasteiger charge is -2.31. The minimum absolute atomic E-state index is 0.126. The Labute approximate surface area is 265 Å². The van der Waals surface area contributed by atoms with E-state index in [-0.39, 0.29) is 12.0 Å². The lowest BCUT2D eigenvalue weighted by Crippen LogP contribution is -2.29. The van der Waals surface area contributed by atoms with Crippen LogP contribution in [0.2, 0.25) is 0 Å². The second-order valence-electron chi connectivity index (χ2n) is 11.9. The molecule has 7 heteroatoms. The molecule has 2 aliphatic rings. The van der Waals surface area contributed by atoms with Crippen molar-refractivity contribution in [3.8, 4) is 16.8 Å². The molecule has 0 saturated carbocycles. The predicted octanol–water partition coefficient (Wildman–Crippen LogP) is 11.0. The topological polar surface area (TPSA) is 8.17 Å². The summed E-state index contributed by atoms with van der Waals surface area (Å²) in [6.07, 6.45) is 8.20. The van der Waals surface area contributed by atoms with Gasteiger partial charge in [0.2, 0.25) is 5.82 Å². The van der Waals surface area contributed by atoms with E-state index in [0.717, 1.165) is 43.4 Å². The first-order valence-electron chi connectivity index (χ1n) is 15.2. The van der Waals surface area contributed by atoms with Crippen molar-refractivity contribution in [1.29, 1.82) is 0 Å². The molecule has 47 heavy (non-hydrogen) atoms. The van der Waals surface area contributed by atoms with Crippen LogP contribution in [-0.2, 0) is 0 Å². The summed E-state index contributed by atoms with van der Waals surface area (Å²) in [5.74, 6) is -10.1. The molecule has 228 valence electrons. The third-order valence-electron chi connectivity index (χ3n) is 9.46. The zero-order valence-electron chi connectivity index (χ0n) is 24.6. The lowest BCUT2D eigenvalue weighted by atomic mass is 9.90. The van der Waals surface area contributed by atoms with Gasteiger partial charge in [0, 0.05) is 27.9 Å². The second-order valence-corrected chi connectivity index (χ2v) is 11.9. The van der Waals surface area contributed by atoms with E-state index in [4.69, 9.17) is 0 Å². The maximum atomic E-state index is 15.4. The third kappa shape index (κ3) is 3.89. The van der Waals surface area contributed by atoms with Crippen molar-refractivity contribution >= 4 is 44.0 Å². The van der Waals surface area contributed by atoms with Gasteiger partial charge in [0.25, 0.3) is 0 Å². The Balaban J connectivity index is 1.37. The van der Waals surface area contributed by atoms with E-state index >= 15 is 8.78 Å². The lowest BCUT2D eigenvalue weighted by molar-refractivity contribution is 0.376. The highest BCUT2D eigenvalue weighted by molar-refractivity contribution is 6.11. The van der Waals surface area contributed by atoms with E-state index in [1.807, 2.05) is 54.6 Å². The minimum Gasteiger partial charge on any atom is -0.333 e. The van der Waals surface area contributed by atoms with E-state index in [1.54, 1.807) is 24.3 Å². The summed E-state index contributed by atoms with van der Waals surface area (Å²) in [6.45, 7) is 0. The number of fused-ring (bicyclic) bond motifs is 7. The van der Waals surface area contributed by atoms with Crippen molar-refractivity contribution in [2.75, 3.05) is 4.90 Å². The average molecular weight is 627 g/mol. The number of halogens is 5. The van der Waals surface area contributed by atoms with Gasteiger partial charge in [-0.1, -0.05) is 97.1 Å². The molecule has 0 spiro atoms. The highest BCUT2D eigenvalue weighted by Crippen LogP contribution is 2.53. The summed E-state index contributed by atoms with van der Waals surface area (Å²) in [7, 11) is 0. The molecule has 7 aromatic rings. The first-order chi connectivity index (χ1) is 22.9. The molecule has 2 unspecified atom stereocenters. The number of hydrogen-bond acceptors (Lipinski definition) is 1. The first kappa shape index (κ1) is 27.6. The largest absolute Gasteiger partial charge is 0.333 e.